The van der Waals surface area contributed by atoms with Crippen molar-refractivity contribution in [1.82, 2.24) is 0 Å². The number of hydrogen-bond acceptors (Lipinski definition) is 2. The lowest BCUT2D eigenvalue weighted by Crippen LogP contribution is -2.11. The second-order valence-electron chi connectivity index (χ2n) is 6.33. The minimum Gasteiger partial charge on any atom is -0.490 e. The first-order valence-electron chi connectivity index (χ1n) is 8.94. The van der Waals surface area contributed by atoms with Gasteiger partial charge in [0.15, 0.2) is 0 Å². The third-order valence-corrected chi connectivity index (χ3v) is 4.57. The fraction of sp³-hybridized carbons (Fsp3) is 0.364. The Bertz CT molecular complexity index is 648. The summed E-state index contributed by atoms with van der Waals surface area (Å²) in [6, 6.07) is 18.4. The number of rotatable bonds is 7. The summed E-state index contributed by atoms with van der Waals surface area (Å²) in [6.07, 6.45) is 9.20. The summed E-state index contributed by atoms with van der Waals surface area (Å²) in [5.74, 6) is 2.58. The largest absolute Gasteiger partial charge is 0.490 e. The zero-order valence-electron chi connectivity index (χ0n) is 14.4. The summed E-state index contributed by atoms with van der Waals surface area (Å²) in [7, 11) is 0. The van der Waals surface area contributed by atoms with E-state index in [1.54, 1.807) is 0 Å². The molecule has 0 N–H and O–H groups in total. The lowest BCUT2D eigenvalue weighted by Gasteiger charge is -2.13. The molecule has 2 nitrogen and oxygen atoms in total. The van der Waals surface area contributed by atoms with Crippen LogP contribution < -0.4 is 9.47 Å². The monoisotopic (exact) mass is 322 g/mol. The van der Waals surface area contributed by atoms with Crippen molar-refractivity contribution in [2.75, 3.05) is 6.61 Å². The van der Waals surface area contributed by atoms with Gasteiger partial charge in [-0.25, -0.2) is 0 Å². The predicted molar refractivity (Wildman–Crippen MR) is 98.7 cm³/mol. The van der Waals surface area contributed by atoms with E-state index in [0.29, 0.717) is 18.6 Å². The Morgan fingerprint density at radius 2 is 1.79 bits per heavy atom. The zero-order chi connectivity index (χ0) is 16.6. The molecule has 0 radical (unpaired) electrons. The van der Waals surface area contributed by atoms with E-state index in [4.69, 9.17) is 9.47 Å². The first-order valence-corrected chi connectivity index (χ1v) is 8.94. The van der Waals surface area contributed by atoms with Crippen LogP contribution in [0.4, 0.5) is 0 Å². The van der Waals surface area contributed by atoms with Gasteiger partial charge in [0.05, 0.1) is 6.10 Å². The molecule has 1 saturated carbocycles. The molecule has 0 unspecified atom stereocenters. The molecule has 0 spiro atoms. The number of aryl methyl sites for hydroxylation is 1. The predicted octanol–water partition coefficient (Wildman–Crippen LogP) is 5.43. The van der Waals surface area contributed by atoms with Crippen LogP contribution in [-0.4, -0.2) is 12.7 Å². The fourth-order valence-electron chi connectivity index (χ4n) is 3.27. The summed E-state index contributed by atoms with van der Waals surface area (Å²) in [6.45, 7) is 2.79. The van der Waals surface area contributed by atoms with E-state index < -0.39 is 0 Å². The van der Waals surface area contributed by atoms with Gasteiger partial charge in [-0.2, -0.15) is 0 Å². The summed E-state index contributed by atoms with van der Waals surface area (Å²) in [4.78, 5) is 0. The molecule has 3 rings (SSSR count). The molecule has 1 aliphatic carbocycles. The maximum absolute atomic E-state index is 6.05. The quantitative estimate of drug-likeness (QED) is 0.633. The lowest BCUT2D eigenvalue weighted by molar-refractivity contribution is 0.207. The van der Waals surface area contributed by atoms with Crippen LogP contribution in [0.25, 0.3) is 0 Å². The smallest absolute Gasteiger partial charge is 0.122 e. The van der Waals surface area contributed by atoms with Gasteiger partial charge in [0.2, 0.25) is 0 Å². The Kier molecular flexibility index (Phi) is 5.95. The highest BCUT2D eigenvalue weighted by atomic mass is 16.5. The summed E-state index contributed by atoms with van der Waals surface area (Å²) < 4.78 is 11.9. The highest BCUT2D eigenvalue weighted by Gasteiger charge is 2.24. The number of ether oxygens (including phenoxy) is 2. The van der Waals surface area contributed by atoms with Crippen molar-refractivity contribution in [3.8, 4) is 11.5 Å². The van der Waals surface area contributed by atoms with Crippen molar-refractivity contribution >= 4 is 0 Å². The van der Waals surface area contributed by atoms with Gasteiger partial charge in [-0.3, -0.25) is 0 Å². The molecule has 1 fully saturated rings. The second kappa shape index (κ2) is 8.58. The molecule has 1 aliphatic rings. The van der Waals surface area contributed by atoms with Crippen LogP contribution in [0.3, 0.4) is 0 Å². The van der Waals surface area contributed by atoms with Gasteiger partial charge in [-0.15, -0.1) is 0 Å². The van der Waals surface area contributed by atoms with Crippen molar-refractivity contribution in [3.63, 3.8) is 0 Å². The third kappa shape index (κ3) is 4.64. The van der Waals surface area contributed by atoms with Crippen molar-refractivity contribution in [2.45, 2.75) is 38.7 Å². The molecule has 2 aromatic carbocycles. The van der Waals surface area contributed by atoms with E-state index in [1.807, 2.05) is 42.5 Å². The second-order valence-corrected chi connectivity index (χ2v) is 6.33. The SMILES string of the molecule is CCc1ccccc1OC/C=C/[C@H]1CC[C@@H](Oc2ccccc2)C1. The Balaban J connectivity index is 1.43. The van der Waals surface area contributed by atoms with Gasteiger partial charge in [-0.1, -0.05) is 55.5 Å². The van der Waals surface area contributed by atoms with E-state index in [-0.39, 0.29) is 0 Å². The Morgan fingerprint density at radius 3 is 2.62 bits per heavy atom. The van der Waals surface area contributed by atoms with Crippen LogP contribution >= 0.6 is 0 Å². The van der Waals surface area contributed by atoms with Crippen molar-refractivity contribution < 1.29 is 9.47 Å². The van der Waals surface area contributed by atoms with Crippen molar-refractivity contribution in [3.05, 3.63) is 72.3 Å². The Hall–Kier alpha value is -2.22. The highest BCUT2D eigenvalue weighted by Crippen LogP contribution is 2.30. The van der Waals surface area contributed by atoms with E-state index in [0.717, 1.165) is 30.8 Å². The molecule has 0 amide bonds. The van der Waals surface area contributed by atoms with Crippen LogP contribution in [0.15, 0.2) is 66.7 Å². The summed E-state index contributed by atoms with van der Waals surface area (Å²) in [5, 5.41) is 0. The minimum atomic E-state index is 0.337. The van der Waals surface area contributed by atoms with Crippen LogP contribution in [0.5, 0.6) is 11.5 Å². The lowest BCUT2D eigenvalue weighted by atomic mass is 10.1. The average molecular weight is 322 g/mol. The topological polar surface area (TPSA) is 18.5 Å². The van der Waals surface area contributed by atoms with Gasteiger partial charge in [-0.05, 0) is 55.4 Å². The summed E-state index contributed by atoms with van der Waals surface area (Å²) >= 11 is 0. The van der Waals surface area contributed by atoms with Crippen molar-refractivity contribution in [2.24, 2.45) is 5.92 Å². The van der Waals surface area contributed by atoms with Gasteiger partial charge in [0.25, 0.3) is 0 Å². The molecule has 2 aromatic rings. The molecular weight excluding hydrogens is 296 g/mol. The first-order chi connectivity index (χ1) is 11.8. The standard InChI is InChI=1S/C22H26O2/c1-2-19-10-6-7-13-22(19)23-16-8-9-18-14-15-21(17-18)24-20-11-4-3-5-12-20/h3-13,18,21H,2,14-17H2,1H3/b9-8+/t18-,21+/m0/s1. The molecule has 2 atom stereocenters. The average Bonchev–Trinajstić information content (AvgIpc) is 3.07. The van der Waals surface area contributed by atoms with E-state index >= 15 is 0 Å². The van der Waals surface area contributed by atoms with Gasteiger partial charge < -0.3 is 9.47 Å². The minimum absolute atomic E-state index is 0.337. The van der Waals surface area contributed by atoms with Gasteiger partial charge >= 0.3 is 0 Å². The molecule has 24 heavy (non-hydrogen) atoms. The fourth-order valence-corrected chi connectivity index (χ4v) is 3.27. The maximum atomic E-state index is 6.05. The molecule has 0 heterocycles. The third-order valence-electron chi connectivity index (χ3n) is 4.57. The molecule has 0 aliphatic heterocycles. The molecular formula is C22H26O2. The molecule has 0 aromatic heterocycles. The number of allylic oxidation sites excluding steroid dienone is 1. The van der Waals surface area contributed by atoms with Crippen LogP contribution in [0, 0.1) is 5.92 Å². The summed E-state index contributed by atoms with van der Waals surface area (Å²) in [5.41, 5.74) is 1.27. The van der Waals surface area contributed by atoms with E-state index in [2.05, 4.69) is 31.2 Å². The van der Waals surface area contributed by atoms with Crippen LogP contribution in [0.2, 0.25) is 0 Å². The highest BCUT2D eigenvalue weighted by molar-refractivity contribution is 5.33. The van der Waals surface area contributed by atoms with E-state index in [1.165, 1.54) is 12.0 Å². The van der Waals surface area contributed by atoms with Crippen LogP contribution in [0.1, 0.15) is 31.7 Å². The molecule has 0 saturated heterocycles. The van der Waals surface area contributed by atoms with E-state index in [9.17, 15) is 0 Å². The molecule has 126 valence electrons. The Morgan fingerprint density at radius 1 is 1.00 bits per heavy atom. The molecule has 0 bridgehead atoms. The van der Waals surface area contributed by atoms with Gasteiger partial charge in [0.1, 0.15) is 18.1 Å². The Labute approximate surface area is 145 Å². The number of benzene rings is 2. The maximum Gasteiger partial charge on any atom is 0.122 e. The zero-order valence-corrected chi connectivity index (χ0v) is 14.4. The normalized spacial score (nSPS) is 20.4. The number of hydrogen-bond donors (Lipinski definition) is 0. The number of para-hydroxylation sites is 2. The first kappa shape index (κ1) is 16.6. The van der Waals surface area contributed by atoms with Crippen LogP contribution in [-0.2, 0) is 6.42 Å². The van der Waals surface area contributed by atoms with Crippen molar-refractivity contribution in [1.29, 1.82) is 0 Å². The molecule has 2 heteroatoms. The van der Waals surface area contributed by atoms with Gasteiger partial charge in [0, 0.05) is 0 Å².